The van der Waals surface area contributed by atoms with Gasteiger partial charge in [-0.1, -0.05) is 30.3 Å². The van der Waals surface area contributed by atoms with Crippen LogP contribution in [0.25, 0.3) is 6.08 Å². The molecule has 5 rings (SSSR count). The number of benzene rings is 3. The Morgan fingerprint density at radius 2 is 1.64 bits per heavy atom. The van der Waals surface area contributed by atoms with Crippen molar-refractivity contribution in [2.24, 2.45) is 0 Å². The number of rotatable bonds is 8. The fraction of sp³-hybridized carbons (Fsp3) is 0.258. The number of piperidine rings is 1. The second kappa shape index (κ2) is 12.2. The number of carbonyl (C=O) groups is 3. The largest absolute Gasteiger partial charge is 0.350 e. The summed E-state index contributed by atoms with van der Waals surface area (Å²) in [4.78, 5) is 55.2. The monoisotopic (exact) mass is 571 g/mol. The maximum atomic E-state index is 13.9. The van der Waals surface area contributed by atoms with Crippen LogP contribution < -0.4 is 10.2 Å². The molecule has 1 spiro atoms. The third-order valence-corrected chi connectivity index (χ3v) is 7.74. The Kier molecular flexibility index (Phi) is 8.28. The van der Waals surface area contributed by atoms with Crippen LogP contribution in [-0.2, 0) is 20.9 Å². The summed E-state index contributed by atoms with van der Waals surface area (Å²) in [5, 5.41) is 13.7. The van der Waals surface area contributed by atoms with Gasteiger partial charge >= 0.3 is 0 Å². The zero-order chi connectivity index (χ0) is 29.7. The smallest absolute Gasteiger partial charge is 0.269 e. The van der Waals surface area contributed by atoms with Gasteiger partial charge in [0, 0.05) is 43.5 Å². The second-order valence-corrected chi connectivity index (χ2v) is 10.4. The van der Waals surface area contributed by atoms with Gasteiger partial charge in [0.15, 0.2) is 0 Å². The number of non-ortho nitro benzene ring substituents is 1. The molecule has 3 amide bonds. The summed E-state index contributed by atoms with van der Waals surface area (Å²) in [6, 6.07) is 21.3. The molecule has 2 aliphatic heterocycles. The molecule has 2 aliphatic rings. The number of nitro groups is 1. The Morgan fingerprint density at radius 1 is 0.976 bits per heavy atom. The van der Waals surface area contributed by atoms with Crippen molar-refractivity contribution in [2.75, 3.05) is 31.2 Å². The molecule has 0 aromatic heterocycles. The minimum absolute atomic E-state index is 0.0246. The number of amides is 3. The molecule has 2 heterocycles. The van der Waals surface area contributed by atoms with Crippen molar-refractivity contribution in [1.29, 1.82) is 0 Å². The first-order valence-electron chi connectivity index (χ1n) is 13.6. The molecule has 2 fully saturated rings. The highest BCUT2D eigenvalue weighted by atomic mass is 19.1. The van der Waals surface area contributed by atoms with Crippen molar-refractivity contribution in [3.8, 4) is 0 Å². The van der Waals surface area contributed by atoms with E-state index in [9.17, 15) is 28.9 Å². The first-order valence-corrected chi connectivity index (χ1v) is 13.6. The highest BCUT2D eigenvalue weighted by Crippen LogP contribution is 2.39. The van der Waals surface area contributed by atoms with Gasteiger partial charge in [-0.05, 0) is 66.4 Å². The van der Waals surface area contributed by atoms with Crippen molar-refractivity contribution in [1.82, 2.24) is 15.1 Å². The number of anilines is 1. The maximum Gasteiger partial charge on any atom is 0.269 e. The van der Waals surface area contributed by atoms with Crippen LogP contribution in [0.2, 0.25) is 0 Å². The molecule has 0 unspecified atom stereocenters. The molecule has 42 heavy (non-hydrogen) atoms. The molecule has 2 saturated heterocycles. The van der Waals surface area contributed by atoms with Crippen molar-refractivity contribution in [2.45, 2.75) is 24.9 Å². The van der Waals surface area contributed by atoms with Crippen molar-refractivity contribution in [3.63, 3.8) is 0 Å². The number of halogens is 1. The van der Waals surface area contributed by atoms with E-state index >= 15 is 0 Å². The third-order valence-electron chi connectivity index (χ3n) is 7.74. The lowest BCUT2D eigenvalue weighted by atomic mass is 9.85. The maximum absolute atomic E-state index is 13.9. The molecule has 0 radical (unpaired) electrons. The molecule has 10 nitrogen and oxygen atoms in total. The third kappa shape index (κ3) is 6.14. The molecule has 216 valence electrons. The lowest BCUT2D eigenvalue weighted by Crippen LogP contribution is -2.57. The highest BCUT2D eigenvalue weighted by Gasteiger charge is 2.54. The average Bonchev–Trinajstić information content (AvgIpc) is 3.26. The van der Waals surface area contributed by atoms with E-state index < -0.39 is 10.5 Å². The van der Waals surface area contributed by atoms with Crippen LogP contribution in [0.1, 0.15) is 24.0 Å². The summed E-state index contributed by atoms with van der Waals surface area (Å²) in [7, 11) is 0. The number of carbonyl (C=O) groups excluding carboxylic acids is 3. The van der Waals surface area contributed by atoms with Crippen LogP contribution in [0, 0.1) is 15.9 Å². The Hall–Kier alpha value is -5.06. The predicted octanol–water partition coefficient (Wildman–Crippen LogP) is 3.73. The van der Waals surface area contributed by atoms with Crippen LogP contribution in [0.4, 0.5) is 15.8 Å². The summed E-state index contributed by atoms with van der Waals surface area (Å²) < 4.78 is 13.2. The van der Waals surface area contributed by atoms with Crippen LogP contribution in [-0.4, -0.2) is 64.3 Å². The summed E-state index contributed by atoms with van der Waals surface area (Å²) in [6.07, 6.45) is 3.83. The van der Waals surface area contributed by atoms with Crippen LogP contribution in [0.15, 0.2) is 84.9 Å². The SMILES string of the molecule is O=C(CN1CN(c2ccccc2)C2(CCN(C(=O)C=Cc3ccc([N+](=O)[O-])cc3)CC2)C1=O)NCc1ccc(F)cc1. The van der Waals surface area contributed by atoms with Gasteiger partial charge in [0.1, 0.15) is 17.9 Å². The Balaban J connectivity index is 1.25. The molecule has 1 N–H and O–H groups in total. The summed E-state index contributed by atoms with van der Waals surface area (Å²) in [6.45, 7) is 1.04. The number of hydrogen-bond donors (Lipinski definition) is 1. The Labute approximate surface area is 242 Å². The van der Waals surface area contributed by atoms with E-state index in [-0.39, 0.29) is 49.0 Å². The average molecular weight is 572 g/mol. The summed E-state index contributed by atoms with van der Waals surface area (Å²) >= 11 is 0. The lowest BCUT2D eigenvalue weighted by Gasteiger charge is -2.43. The van der Waals surface area contributed by atoms with Gasteiger partial charge in [-0.15, -0.1) is 0 Å². The zero-order valence-corrected chi connectivity index (χ0v) is 22.8. The first kappa shape index (κ1) is 28.5. The number of nitrogens with one attached hydrogen (secondary N) is 1. The van der Waals surface area contributed by atoms with Crippen LogP contribution >= 0.6 is 0 Å². The zero-order valence-electron chi connectivity index (χ0n) is 22.8. The van der Waals surface area contributed by atoms with Crippen molar-refractivity contribution < 1.29 is 23.7 Å². The standard InChI is InChI=1S/C31H30FN5O5/c32-25-11-6-24(7-12-25)20-33-28(38)21-35-22-36(26-4-2-1-3-5-26)31(30(35)40)16-18-34(19-17-31)29(39)15-10-23-8-13-27(14-9-23)37(41)42/h1-15H,16-22H2,(H,33,38). The fourth-order valence-corrected chi connectivity index (χ4v) is 5.43. The number of likely N-dealkylation sites (tertiary alicyclic amines) is 1. The quantitative estimate of drug-likeness (QED) is 0.250. The molecule has 3 aromatic carbocycles. The van der Waals surface area contributed by atoms with Gasteiger partial charge in [0.25, 0.3) is 11.6 Å². The van der Waals surface area contributed by atoms with Crippen molar-refractivity contribution in [3.05, 3.63) is 112 Å². The predicted molar refractivity (Wildman–Crippen MR) is 154 cm³/mol. The van der Waals surface area contributed by atoms with E-state index in [0.717, 1.165) is 11.3 Å². The van der Waals surface area contributed by atoms with E-state index in [1.54, 1.807) is 40.1 Å². The fourth-order valence-electron chi connectivity index (χ4n) is 5.43. The minimum atomic E-state index is -0.891. The molecule has 0 bridgehead atoms. The van der Waals surface area contributed by atoms with Gasteiger partial charge in [-0.2, -0.15) is 0 Å². The van der Waals surface area contributed by atoms with Gasteiger partial charge in [0.2, 0.25) is 11.8 Å². The van der Waals surface area contributed by atoms with Gasteiger partial charge in [0.05, 0.1) is 11.6 Å². The lowest BCUT2D eigenvalue weighted by molar-refractivity contribution is -0.384. The summed E-state index contributed by atoms with van der Waals surface area (Å²) in [5.74, 6) is -1.04. The van der Waals surface area contributed by atoms with E-state index in [4.69, 9.17) is 0 Å². The molecule has 11 heteroatoms. The van der Waals surface area contributed by atoms with Gasteiger partial charge in [-0.25, -0.2) is 4.39 Å². The minimum Gasteiger partial charge on any atom is -0.350 e. The van der Waals surface area contributed by atoms with E-state index in [2.05, 4.69) is 5.32 Å². The summed E-state index contributed by atoms with van der Waals surface area (Å²) in [5.41, 5.74) is 1.36. The topological polar surface area (TPSA) is 116 Å². The van der Waals surface area contributed by atoms with E-state index in [1.807, 2.05) is 35.2 Å². The number of hydrogen-bond acceptors (Lipinski definition) is 6. The van der Waals surface area contributed by atoms with Gasteiger partial charge in [-0.3, -0.25) is 24.5 Å². The first-order chi connectivity index (χ1) is 20.2. The van der Waals surface area contributed by atoms with Crippen LogP contribution in [0.3, 0.4) is 0 Å². The highest BCUT2D eigenvalue weighted by molar-refractivity contribution is 5.97. The molecule has 0 aliphatic carbocycles. The van der Waals surface area contributed by atoms with E-state index in [0.29, 0.717) is 31.5 Å². The number of nitro benzene ring substituents is 1. The molecular formula is C31H30FN5O5. The molecular weight excluding hydrogens is 541 g/mol. The Morgan fingerprint density at radius 3 is 2.29 bits per heavy atom. The van der Waals surface area contributed by atoms with E-state index in [1.165, 1.54) is 30.3 Å². The van der Waals surface area contributed by atoms with Gasteiger partial charge < -0.3 is 20.0 Å². The number of para-hydroxylation sites is 1. The molecule has 0 atom stereocenters. The van der Waals surface area contributed by atoms with Crippen LogP contribution in [0.5, 0.6) is 0 Å². The molecule has 0 saturated carbocycles. The van der Waals surface area contributed by atoms with Crippen molar-refractivity contribution >= 4 is 35.2 Å². The molecule has 3 aromatic rings. The number of nitrogens with zero attached hydrogens (tertiary/aromatic N) is 4. The second-order valence-electron chi connectivity index (χ2n) is 10.4. The Bertz CT molecular complexity index is 1490. The normalized spacial score (nSPS) is 16.3.